The summed E-state index contributed by atoms with van der Waals surface area (Å²) in [6.45, 7) is 9.42. The smallest absolute Gasteiger partial charge is 0.166 e. The van der Waals surface area contributed by atoms with E-state index < -0.39 is 0 Å². The van der Waals surface area contributed by atoms with Crippen LogP contribution in [0.1, 0.15) is 70.2 Å². The number of unbranched alkanes of at least 4 members (excludes halogenated alkanes) is 1. The Kier molecular flexibility index (Phi) is 7.74. The van der Waals surface area contributed by atoms with Gasteiger partial charge >= 0.3 is 0 Å². The van der Waals surface area contributed by atoms with Crippen LogP contribution in [0.5, 0.6) is 0 Å². The fourth-order valence-corrected chi connectivity index (χ4v) is 2.60. The average molecular weight is 288 g/mol. The zero-order valence-electron chi connectivity index (χ0n) is 13.9. The van der Waals surface area contributed by atoms with Crippen LogP contribution in [-0.2, 0) is 12.8 Å². The molecule has 1 heterocycles. The first kappa shape index (κ1) is 17.4. The molecule has 0 aliphatic rings. The van der Waals surface area contributed by atoms with Crippen LogP contribution in [0.25, 0.3) is 0 Å². The highest BCUT2D eigenvalue weighted by Gasteiger charge is 2.15. The van der Waals surface area contributed by atoms with Crippen LogP contribution in [0, 0.1) is 17.2 Å². The molecule has 0 bridgehead atoms. The molecule has 0 saturated carbocycles. The van der Waals surface area contributed by atoms with E-state index in [1.54, 1.807) is 0 Å². The summed E-state index contributed by atoms with van der Waals surface area (Å²) in [5.74, 6) is 1.29. The molecule has 0 fully saturated rings. The number of nitrogens with one attached hydrogen (secondary N) is 1. The molecule has 1 atom stereocenters. The van der Waals surface area contributed by atoms with Crippen molar-refractivity contribution in [2.45, 2.75) is 66.2 Å². The Balaban J connectivity index is 2.86. The zero-order chi connectivity index (χ0) is 15.7. The van der Waals surface area contributed by atoms with E-state index in [1.807, 2.05) is 0 Å². The zero-order valence-corrected chi connectivity index (χ0v) is 13.9. The van der Waals surface area contributed by atoms with E-state index in [0.717, 1.165) is 37.1 Å². The van der Waals surface area contributed by atoms with E-state index in [0.29, 0.717) is 17.3 Å². The number of aromatic nitrogens is 2. The lowest BCUT2D eigenvalue weighted by molar-refractivity contribution is 0.472. The average Bonchev–Trinajstić information content (AvgIpc) is 2.53. The van der Waals surface area contributed by atoms with Gasteiger partial charge in [0.25, 0.3) is 0 Å². The van der Waals surface area contributed by atoms with Crippen molar-refractivity contribution in [1.29, 1.82) is 5.26 Å². The molecule has 1 aromatic rings. The van der Waals surface area contributed by atoms with Gasteiger partial charge in [0.2, 0.25) is 0 Å². The van der Waals surface area contributed by atoms with Crippen molar-refractivity contribution < 1.29 is 0 Å². The fourth-order valence-electron chi connectivity index (χ4n) is 2.60. The van der Waals surface area contributed by atoms with Gasteiger partial charge in [0.05, 0.1) is 5.69 Å². The molecule has 0 spiro atoms. The SMILES string of the molecule is CCCCC(CC)CNc1nnc(CC)c(CC)c1C#N. The standard InChI is InChI=1S/C17H28N4/c1-5-9-10-13(6-2)12-19-17-15(11-18)14(7-3)16(8-4)20-21-17/h13H,5-10,12H2,1-4H3,(H,19,21). The Morgan fingerprint density at radius 3 is 2.43 bits per heavy atom. The van der Waals surface area contributed by atoms with Crippen LogP contribution in [0.2, 0.25) is 0 Å². The molecule has 1 N–H and O–H groups in total. The van der Waals surface area contributed by atoms with E-state index in [2.05, 4.69) is 49.3 Å². The highest BCUT2D eigenvalue weighted by atomic mass is 15.2. The molecule has 4 nitrogen and oxygen atoms in total. The van der Waals surface area contributed by atoms with Crippen LogP contribution < -0.4 is 5.32 Å². The number of nitrogens with zero attached hydrogens (tertiary/aromatic N) is 3. The van der Waals surface area contributed by atoms with Crippen LogP contribution in [0.4, 0.5) is 5.82 Å². The first-order valence-corrected chi connectivity index (χ1v) is 8.23. The van der Waals surface area contributed by atoms with E-state index in [-0.39, 0.29) is 0 Å². The summed E-state index contributed by atoms with van der Waals surface area (Å²) in [5, 5.41) is 21.3. The molecule has 21 heavy (non-hydrogen) atoms. The first-order valence-electron chi connectivity index (χ1n) is 8.23. The molecule has 4 heteroatoms. The number of hydrogen-bond acceptors (Lipinski definition) is 4. The first-order chi connectivity index (χ1) is 10.2. The Hall–Kier alpha value is -1.63. The van der Waals surface area contributed by atoms with Crippen molar-refractivity contribution in [3.05, 3.63) is 16.8 Å². The molecule has 1 unspecified atom stereocenters. The molecule has 0 radical (unpaired) electrons. The Morgan fingerprint density at radius 2 is 1.90 bits per heavy atom. The lowest BCUT2D eigenvalue weighted by Crippen LogP contribution is -2.17. The number of rotatable bonds is 9. The number of nitriles is 1. The second-order valence-corrected chi connectivity index (χ2v) is 5.47. The van der Waals surface area contributed by atoms with Gasteiger partial charge in [0.15, 0.2) is 5.82 Å². The molecule has 0 aliphatic heterocycles. The summed E-state index contributed by atoms with van der Waals surface area (Å²) in [5.41, 5.74) is 2.66. The highest BCUT2D eigenvalue weighted by Crippen LogP contribution is 2.21. The number of hydrogen-bond donors (Lipinski definition) is 1. The van der Waals surface area contributed by atoms with Crippen LogP contribution in [0.3, 0.4) is 0 Å². The summed E-state index contributed by atoms with van der Waals surface area (Å²) in [7, 11) is 0. The van der Waals surface area contributed by atoms with Gasteiger partial charge in [-0.3, -0.25) is 0 Å². The molecule has 1 aromatic heterocycles. The van der Waals surface area contributed by atoms with Gasteiger partial charge < -0.3 is 5.32 Å². The Labute approximate surface area is 129 Å². The summed E-state index contributed by atoms with van der Waals surface area (Å²) < 4.78 is 0. The second kappa shape index (κ2) is 9.33. The minimum Gasteiger partial charge on any atom is -0.367 e. The van der Waals surface area contributed by atoms with Gasteiger partial charge in [-0.05, 0) is 30.7 Å². The highest BCUT2D eigenvalue weighted by molar-refractivity contribution is 5.56. The minimum atomic E-state index is 0.634. The predicted octanol–water partition coefficient (Wildman–Crippen LogP) is 4.10. The molecule has 1 rings (SSSR count). The van der Waals surface area contributed by atoms with Crippen molar-refractivity contribution in [2.75, 3.05) is 11.9 Å². The summed E-state index contributed by atoms with van der Waals surface area (Å²) in [6, 6.07) is 2.31. The molecule has 0 amide bonds. The molecule has 116 valence electrons. The second-order valence-electron chi connectivity index (χ2n) is 5.47. The Bertz CT molecular complexity index is 476. The van der Waals surface area contributed by atoms with Gasteiger partial charge in [0.1, 0.15) is 11.6 Å². The fraction of sp³-hybridized carbons (Fsp3) is 0.706. The maximum atomic E-state index is 9.46. The van der Waals surface area contributed by atoms with E-state index >= 15 is 0 Å². The molecule has 0 aliphatic carbocycles. The van der Waals surface area contributed by atoms with E-state index in [4.69, 9.17) is 0 Å². The van der Waals surface area contributed by atoms with Crippen molar-refractivity contribution in [3.63, 3.8) is 0 Å². The molecule has 0 aromatic carbocycles. The minimum absolute atomic E-state index is 0.634. The van der Waals surface area contributed by atoms with E-state index in [9.17, 15) is 5.26 Å². The normalized spacial score (nSPS) is 12.0. The van der Waals surface area contributed by atoms with Crippen LogP contribution in [-0.4, -0.2) is 16.7 Å². The molecular formula is C17H28N4. The van der Waals surface area contributed by atoms with Gasteiger partial charge in [0, 0.05) is 6.54 Å². The van der Waals surface area contributed by atoms with Gasteiger partial charge in [-0.25, -0.2) is 0 Å². The quantitative estimate of drug-likeness (QED) is 0.743. The maximum Gasteiger partial charge on any atom is 0.166 e. The molecular weight excluding hydrogens is 260 g/mol. The topological polar surface area (TPSA) is 61.6 Å². The van der Waals surface area contributed by atoms with Crippen molar-refractivity contribution in [2.24, 2.45) is 5.92 Å². The van der Waals surface area contributed by atoms with E-state index in [1.165, 1.54) is 19.3 Å². The number of anilines is 1. The van der Waals surface area contributed by atoms with Gasteiger partial charge in [-0.15, -0.1) is 5.10 Å². The van der Waals surface area contributed by atoms with Crippen molar-refractivity contribution in [3.8, 4) is 6.07 Å². The van der Waals surface area contributed by atoms with Gasteiger partial charge in [-0.2, -0.15) is 10.4 Å². The van der Waals surface area contributed by atoms with Crippen LogP contribution in [0.15, 0.2) is 0 Å². The molecule has 0 saturated heterocycles. The van der Waals surface area contributed by atoms with Crippen LogP contribution >= 0.6 is 0 Å². The summed E-state index contributed by atoms with van der Waals surface area (Å²) in [6.07, 6.45) is 6.50. The third kappa shape index (κ3) is 4.70. The third-order valence-corrected chi connectivity index (χ3v) is 4.06. The lowest BCUT2D eigenvalue weighted by atomic mass is 9.99. The number of aryl methyl sites for hydroxylation is 1. The van der Waals surface area contributed by atoms with Gasteiger partial charge in [-0.1, -0.05) is 47.0 Å². The summed E-state index contributed by atoms with van der Waals surface area (Å²) in [4.78, 5) is 0. The van der Waals surface area contributed by atoms with Crippen molar-refractivity contribution >= 4 is 5.82 Å². The maximum absolute atomic E-state index is 9.46. The third-order valence-electron chi connectivity index (χ3n) is 4.06. The summed E-state index contributed by atoms with van der Waals surface area (Å²) >= 11 is 0. The Morgan fingerprint density at radius 1 is 1.14 bits per heavy atom. The monoisotopic (exact) mass is 288 g/mol. The largest absolute Gasteiger partial charge is 0.367 e. The predicted molar refractivity (Wildman–Crippen MR) is 87.3 cm³/mol. The lowest BCUT2D eigenvalue weighted by Gasteiger charge is -2.17. The van der Waals surface area contributed by atoms with Crippen molar-refractivity contribution in [1.82, 2.24) is 10.2 Å².